The number of rotatable bonds is 13. The highest BCUT2D eigenvalue weighted by Crippen LogP contribution is 2.45. The highest BCUT2D eigenvalue weighted by Gasteiger charge is 2.45. The van der Waals surface area contributed by atoms with Crippen LogP contribution >= 0.6 is 0 Å². The number of nitrogens with zero attached hydrogens (tertiary/aromatic N) is 5. The average Bonchev–Trinajstić information content (AvgIpc) is 3.96. The first-order valence-corrected chi connectivity index (χ1v) is 23.4. The highest BCUT2D eigenvalue weighted by molar-refractivity contribution is 6.10. The molecule has 6 aliphatic rings. The number of hydrazone groups is 1. The van der Waals surface area contributed by atoms with Gasteiger partial charge in [0.05, 0.1) is 43.7 Å². The maximum Gasteiger partial charge on any atom is 0.361 e. The number of likely N-dealkylation sites (tertiary alicyclic amines) is 1. The van der Waals surface area contributed by atoms with E-state index in [2.05, 4.69) is 20.3 Å². The van der Waals surface area contributed by atoms with E-state index in [4.69, 9.17) is 28.8 Å². The van der Waals surface area contributed by atoms with Gasteiger partial charge in [-0.25, -0.2) is 15.0 Å². The van der Waals surface area contributed by atoms with Crippen molar-refractivity contribution in [3.8, 4) is 34.3 Å². The number of amides is 3. The zero-order valence-corrected chi connectivity index (χ0v) is 37.1. The van der Waals surface area contributed by atoms with Gasteiger partial charge in [-0.15, -0.1) is 0 Å². The summed E-state index contributed by atoms with van der Waals surface area (Å²) in [6.45, 7) is 2.51. The maximum absolute atomic E-state index is 14.7. The highest BCUT2D eigenvalue weighted by atomic mass is 16.9. The molecule has 4 aromatic rings. The van der Waals surface area contributed by atoms with E-state index in [-0.39, 0.29) is 35.6 Å². The molecule has 0 radical (unpaired) electrons. The molecule has 2 aromatic carbocycles. The van der Waals surface area contributed by atoms with E-state index in [0.29, 0.717) is 107 Å². The third kappa shape index (κ3) is 8.27. The number of benzene rings is 2. The van der Waals surface area contributed by atoms with Gasteiger partial charge in [-0.2, -0.15) is 5.10 Å². The number of H-pyrrole nitrogens is 1. The molecule has 15 heteroatoms. The van der Waals surface area contributed by atoms with Crippen LogP contribution in [0.5, 0.6) is 23.0 Å². The molecule has 1 saturated heterocycles. The van der Waals surface area contributed by atoms with Crippen molar-refractivity contribution in [2.75, 3.05) is 33.9 Å². The summed E-state index contributed by atoms with van der Waals surface area (Å²) < 4.78 is 29.2. The zero-order valence-electron chi connectivity index (χ0n) is 37.1. The zero-order chi connectivity index (χ0) is 43.9. The number of aryl methyl sites for hydroxylation is 1. The van der Waals surface area contributed by atoms with Crippen molar-refractivity contribution in [3.05, 3.63) is 59.5 Å². The molecule has 3 amide bonds. The summed E-state index contributed by atoms with van der Waals surface area (Å²) in [4.78, 5) is 57.9. The number of piperidine rings is 1. The van der Waals surface area contributed by atoms with Gasteiger partial charge in [-0.3, -0.25) is 14.4 Å². The molecule has 2 N–H and O–H groups in total. The van der Waals surface area contributed by atoms with E-state index < -0.39 is 12.5 Å². The van der Waals surface area contributed by atoms with Gasteiger partial charge in [0.15, 0.2) is 23.0 Å². The minimum atomic E-state index is -0.835. The molecule has 5 heterocycles. The summed E-state index contributed by atoms with van der Waals surface area (Å²) in [6.07, 6.45) is 14.8. The van der Waals surface area contributed by atoms with Crippen molar-refractivity contribution >= 4 is 34.5 Å². The number of carbonyl (C=O) groups is 3. The Morgan fingerprint density at radius 3 is 2.41 bits per heavy atom. The summed E-state index contributed by atoms with van der Waals surface area (Å²) in [5.41, 5.74) is 5.16. The van der Waals surface area contributed by atoms with Crippen molar-refractivity contribution in [2.24, 2.45) is 28.8 Å². The molecule has 338 valence electrons. The standard InChI is InChI=1S/C49H59N7O8/c1-28-40(43-44(52-28)42(50-27-51-43)35-14-9-15-38-45(35)64-49(63-38)62-26-30-16-17-30)46(57)53-36(24-29-10-5-4-6-11-29)48(59)55-22-20-32(21-23-55)56-47(58)34-13-8-7-12-33(34)41(54-56)31-18-19-37(60-2)39(25-31)61-3/h9,14-15,18-19,25,27,29-30,32-34,36,49,52H,4-8,10-13,16-17,20-24,26H2,1-3H3,(H,53,57)/t33-,34+,36?,49-/m0/s1. The number of hydrogen-bond acceptors (Lipinski definition) is 11. The Morgan fingerprint density at radius 2 is 1.64 bits per heavy atom. The third-order valence-electron chi connectivity index (χ3n) is 14.4. The number of ether oxygens (including phenoxy) is 5. The van der Waals surface area contributed by atoms with Crippen LogP contribution in [0.1, 0.15) is 112 Å². The van der Waals surface area contributed by atoms with E-state index >= 15 is 0 Å². The molecule has 4 atom stereocenters. The second kappa shape index (κ2) is 18.1. The first kappa shape index (κ1) is 42.3. The summed E-state index contributed by atoms with van der Waals surface area (Å²) in [5, 5.41) is 10.1. The smallest absolute Gasteiger partial charge is 0.361 e. The monoisotopic (exact) mass is 873 g/mol. The molecule has 3 saturated carbocycles. The largest absolute Gasteiger partial charge is 0.493 e. The number of para-hydroxylation sites is 1. The van der Waals surface area contributed by atoms with Crippen molar-refractivity contribution < 1.29 is 38.1 Å². The quantitative estimate of drug-likeness (QED) is 0.137. The average molecular weight is 874 g/mol. The van der Waals surface area contributed by atoms with Gasteiger partial charge in [0.1, 0.15) is 23.6 Å². The van der Waals surface area contributed by atoms with Gasteiger partial charge in [0, 0.05) is 41.7 Å². The topological polar surface area (TPSA) is 170 Å². The van der Waals surface area contributed by atoms with E-state index in [1.807, 2.05) is 48.2 Å². The van der Waals surface area contributed by atoms with Gasteiger partial charge in [-0.1, -0.05) is 51.0 Å². The van der Waals surface area contributed by atoms with Crippen LogP contribution in [-0.2, 0) is 14.3 Å². The van der Waals surface area contributed by atoms with Crippen LogP contribution in [0.3, 0.4) is 0 Å². The number of fused-ring (bicyclic) bond motifs is 3. The van der Waals surface area contributed by atoms with E-state index in [1.165, 1.54) is 12.7 Å². The molecular formula is C49H59N7O8. The molecule has 4 fully saturated rings. The van der Waals surface area contributed by atoms with E-state index in [9.17, 15) is 14.4 Å². The SMILES string of the molecule is COc1ccc(C2=NN(C3CCN(C(=O)C(CC4CCCCC4)NC(=O)c4c(C)[nH]c5c(-c6cccc7c6O[C@@H](OCC6CC6)O7)ncnc45)CC3)C(=O)[C@@H]3CCCC[C@H]23)cc1OC. The third-order valence-corrected chi connectivity index (χ3v) is 14.4. The first-order chi connectivity index (χ1) is 31.3. The Hall–Kier alpha value is -5.70. The van der Waals surface area contributed by atoms with Crippen molar-refractivity contribution in [1.82, 2.24) is 30.2 Å². The number of aromatic nitrogens is 3. The molecule has 3 aliphatic carbocycles. The number of methoxy groups -OCH3 is 2. The maximum atomic E-state index is 14.7. The number of carbonyl (C=O) groups excluding carboxylic acids is 3. The van der Waals surface area contributed by atoms with Crippen molar-refractivity contribution in [1.29, 1.82) is 0 Å². The fourth-order valence-electron chi connectivity index (χ4n) is 10.8. The minimum absolute atomic E-state index is 0.0482. The molecule has 0 spiro atoms. The Labute approximate surface area is 373 Å². The van der Waals surface area contributed by atoms with Gasteiger partial charge in [-0.05, 0) is 94.0 Å². The van der Waals surface area contributed by atoms with Crippen LogP contribution in [0.2, 0.25) is 0 Å². The summed E-state index contributed by atoms with van der Waals surface area (Å²) in [7, 11) is 3.25. The number of hydrogen-bond donors (Lipinski definition) is 2. The predicted octanol–water partition coefficient (Wildman–Crippen LogP) is 7.54. The lowest BCUT2D eigenvalue weighted by molar-refractivity contribution is -0.179. The summed E-state index contributed by atoms with van der Waals surface area (Å²) in [5.74, 6) is 2.80. The predicted molar refractivity (Wildman–Crippen MR) is 238 cm³/mol. The lowest BCUT2D eigenvalue weighted by Gasteiger charge is -2.44. The van der Waals surface area contributed by atoms with Crippen LogP contribution in [0.25, 0.3) is 22.3 Å². The Kier molecular flexibility index (Phi) is 11.9. The van der Waals surface area contributed by atoms with Crippen LogP contribution < -0.4 is 24.3 Å². The van der Waals surface area contributed by atoms with Crippen LogP contribution in [0, 0.1) is 30.6 Å². The molecule has 64 heavy (non-hydrogen) atoms. The van der Waals surface area contributed by atoms with E-state index in [1.54, 1.807) is 19.2 Å². The molecule has 0 bridgehead atoms. The van der Waals surface area contributed by atoms with Crippen molar-refractivity contribution in [3.63, 3.8) is 0 Å². The van der Waals surface area contributed by atoms with Crippen LogP contribution in [0.15, 0.2) is 47.8 Å². The number of nitrogens with one attached hydrogen (secondary N) is 2. The molecular weight excluding hydrogens is 815 g/mol. The molecule has 10 rings (SSSR count). The fraction of sp³-hybridized carbons (Fsp3) is 0.551. The van der Waals surface area contributed by atoms with Gasteiger partial charge in [0.2, 0.25) is 11.8 Å². The normalized spacial score (nSPS) is 23.1. The summed E-state index contributed by atoms with van der Waals surface area (Å²) in [6, 6.07) is 10.6. The van der Waals surface area contributed by atoms with E-state index in [0.717, 1.165) is 75.5 Å². The second-order valence-corrected chi connectivity index (χ2v) is 18.6. The molecule has 2 aromatic heterocycles. The second-order valence-electron chi connectivity index (χ2n) is 18.6. The lowest BCUT2D eigenvalue weighted by atomic mass is 9.73. The van der Waals surface area contributed by atoms with Gasteiger partial charge >= 0.3 is 6.48 Å². The minimum Gasteiger partial charge on any atom is -0.493 e. The first-order valence-electron chi connectivity index (χ1n) is 23.4. The molecule has 3 aliphatic heterocycles. The number of aromatic amines is 1. The van der Waals surface area contributed by atoms with Crippen LogP contribution in [0.4, 0.5) is 0 Å². The Bertz CT molecular complexity index is 2430. The van der Waals surface area contributed by atoms with Crippen LogP contribution in [-0.4, -0.2) is 101 Å². The Morgan fingerprint density at radius 1 is 0.875 bits per heavy atom. The fourth-order valence-corrected chi connectivity index (χ4v) is 10.8. The van der Waals surface area contributed by atoms with Gasteiger partial charge in [0.25, 0.3) is 5.91 Å². The lowest BCUT2D eigenvalue weighted by Crippen LogP contribution is -2.55. The van der Waals surface area contributed by atoms with Gasteiger partial charge < -0.3 is 38.9 Å². The summed E-state index contributed by atoms with van der Waals surface area (Å²) >= 11 is 0. The van der Waals surface area contributed by atoms with Crippen molar-refractivity contribution in [2.45, 2.75) is 115 Å². The molecule has 1 unspecified atom stereocenters. The molecule has 15 nitrogen and oxygen atoms in total. The Balaban J connectivity index is 0.870.